The predicted molar refractivity (Wildman–Crippen MR) is 44.5 cm³/mol. The van der Waals surface area contributed by atoms with Crippen LogP contribution in [0.15, 0.2) is 24.3 Å². The summed E-state index contributed by atoms with van der Waals surface area (Å²) in [5.74, 6) is 0.0558. The van der Waals surface area contributed by atoms with Gasteiger partial charge in [0, 0.05) is 5.75 Å². The molecule has 1 aromatic rings. The van der Waals surface area contributed by atoms with Gasteiger partial charge < -0.3 is 4.55 Å². The maximum absolute atomic E-state index is 10.2. The Morgan fingerprint density at radius 3 is 2.36 bits per heavy atom. The Bertz CT molecular complexity index is 258. The largest absolute Gasteiger partial charge is 0.772 e. The molecule has 0 aliphatic rings. The van der Waals surface area contributed by atoms with Crippen molar-refractivity contribution in [1.29, 1.82) is 0 Å². The highest BCUT2D eigenvalue weighted by atomic mass is 32.2. The Labute approximate surface area is 69.3 Å². The first-order valence-electron chi connectivity index (χ1n) is 3.09. The zero-order valence-corrected chi connectivity index (χ0v) is 6.64. The van der Waals surface area contributed by atoms with Gasteiger partial charge in [0.1, 0.15) is 7.85 Å². The van der Waals surface area contributed by atoms with Crippen LogP contribution >= 0.6 is 0 Å². The maximum atomic E-state index is 10.2. The fourth-order valence-corrected chi connectivity index (χ4v) is 1.21. The molecule has 0 aliphatic heterocycles. The highest BCUT2D eigenvalue weighted by Gasteiger charge is 1.90. The molecule has 0 fully saturated rings. The van der Waals surface area contributed by atoms with Crippen LogP contribution in [0.25, 0.3) is 0 Å². The monoisotopic (exact) mass is 165 g/mol. The van der Waals surface area contributed by atoms with Crippen LogP contribution in [0, 0.1) is 0 Å². The smallest absolute Gasteiger partial charge is 0.113 e. The molecule has 1 rings (SSSR count). The third-order valence-corrected chi connectivity index (χ3v) is 1.83. The highest BCUT2D eigenvalue weighted by molar-refractivity contribution is 7.78. The van der Waals surface area contributed by atoms with Gasteiger partial charge in [0.25, 0.3) is 0 Å². The Morgan fingerprint density at radius 1 is 1.36 bits per heavy atom. The normalized spacial score (nSPS) is 12.8. The quantitative estimate of drug-likeness (QED) is 0.452. The van der Waals surface area contributed by atoms with E-state index in [0.717, 1.165) is 5.56 Å². The van der Waals surface area contributed by atoms with Crippen LogP contribution in [0.4, 0.5) is 0 Å². The van der Waals surface area contributed by atoms with E-state index in [-0.39, 0.29) is 5.75 Å². The van der Waals surface area contributed by atoms with Crippen LogP contribution in [-0.2, 0) is 16.8 Å². The van der Waals surface area contributed by atoms with E-state index in [4.69, 9.17) is 7.85 Å². The van der Waals surface area contributed by atoms with E-state index in [1.807, 2.05) is 0 Å². The van der Waals surface area contributed by atoms with Gasteiger partial charge in [0.2, 0.25) is 0 Å². The standard InChI is InChI=1S/C7H7BO2S/c8-7-3-1-6(2-4-7)5-11(9)10/h1-4H,5H2,(H,9,10)/p-1. The molecule has 2 radical (unpaired) electrons. The van der Waals surface area contributed by atoms with Crippen LogP contribution in [0.1, 0.15) is 5.56 Å². The molecule has 0 amide bonds. The molecule has 0 heterocycles. The van der Waals surface area contributed by atoms with E-state index in [9.17, 15) is 8.76 Å². The molecule has 1 unspecified atom stereocenters. The summed E-state index contributed by atoms with van der Waals surface area (Å²) in [5.41, 5.74) is 1.40. The third kappa shape index (κ3) is 2.86. The van der Waals surface area contributed by atoms with Crippen LogP contribution in [-0.4, -0.2) is 16.6 Å². The topological polar surface area (TPSA) is 40.1 Å². The molecule has 0 aliphatic carbocycles. The molecule has 56 valence electrons. The summed E-state index contributed by atoms with van der Waals surface area (Å²) < 4.78 is 20.4. The average Bonchev–Trinajstić information content (AvgIpc) is 1.93. The molecule has 2 nitrogen and oxygen atoms in total. The second kappa shape index (κ2) is 3.69. The second-order valence-corrected chi connectivity index (χ2v) is 3.09. The van der Waals surface area contributed by atoms with Crippen molar-refractivity contribution in [3.8, 4) is 0 Å². The number of hydrogen-bond donors (Lipinski definition) is 0. The maximum Gasteiger partial charge on any atom is 0.113 e. The highest BCUT2D eigenvalue weighted by Crippen LogP contribution is 1.98. The third-order valence-electron chi connectivity index (χ3n) is 1.26. The molecule has 1 atom stereocenters. The zero-order chi connectivity index (χ0) is 8.27. The number of benzene rings is 1. The fourth-order valence-electron chi connectivity index (χ4n) is 0.750. The van der Waals surface area contributed by atoms with Crippen LogP contribution < -0.4 is 5.46 Å². The van der Waals surface area contributed by atoms with E-state index in [0.29, 0.717) is 5.46 Å². The van der Waals surface area contributed by atoms with E-state index in [1.54, 1.807) is 24.3 Å². The lowest BCUT2D eigenvalue weighted by atomic mass is 9.96. The lowest BCUT2D eigenvalue weighted by molar-refractivity contribution is 0.536. The lowest BCUT2D eigenvalue weighted by Crippen LogP contribution is -2.01. The van der Waals surface area contributed by atoms with Crippen molar-refractivity contribution in [2.75, 3.05) is 0 Å². The van der Waals surface area contributed by atoms with Crippen molar-refractivity contribution in [2.24, 2.45) is 0 Å². The van der Waals surface area contributed by atoms with E-state index >= 15 is 0 Å². The van der Waals surface area contributed by atoms with Crippen LogP contribution in [0.5, 0.6) is 0 Å². The average molecular weight is 165 g/mol. The van der Waals surface area contributed by atoms with Gasteiger partial charge in [-0.05, 0) is 5.56 Å². The van der Waals surface area contributed by atoms with Crippen molar-refractivity contribution in [1.82, 2.24) is 0 Å². The first kappa shape index (κ1) is 8.49. The summed E-state index contributed by atoms with van der Waals surface area (Å²) in [6.45, 7) is 0. The first-order chi connectivity index (χ1) is 5.18. The molecule has 11 heavy (non-hydrogen) atoms. The minimum absolute atomic E-state index is 0.0558. The first-order valence-corrected chi connectivity index (χ1v) is 4.33. The summed E-state index contributed by atoms with van der Waals surface area (Å²) in [7, 11) is 5.40. The van der Waals surface area contributed by atoms with E-state index in [2.05, 4.69) is 0 Å². The molecule has 0 saturated heterocycles. The summed E-state index contributed by atoms with van der Waals surface area (Å²) in [5, 5.41) is 0. The fraction of sp³-hybridized carbons (Fsp3) is 0.143. The molecule has 0 saturated carbocycles. The summed E-state index contributed by atoms with van der Waals surface area (Å²) in [4.78, 5) is 0. The predicted octanol–water partition coefficient (Wildman–Crippen LogP) is -0.140. The SMILES string of the molecule is [B]c1ccc(CS(=O)[O-])cc1. The zero-order valence-electron chi connectivity index (χ0n) is 5.82. The minimum Gasteiger partial charge on any atom is -0.772 e. The molecule has 0 N–H and O–H groups in total. The lowest BCUT2D eigenvalue weighted by Gasteiger charge is -2.04. The Balaban J connectivity index is 2.74. The number of hydrogen-bond acceptors (Lipinski definition) is 2. The van der Waals surface area contributed by atoms with Gasteiger partial charge in [-0.3, -0.25) is 4.21 Å². The molecular formula is C7H6BO2S-. The van der Waals surface area contributed by atoms with Crippen molar-refractivity contribution >= 4 is 24.4 Å². The summed E-state index contributed by atoms with van der Waals surface area (Å²) in [6, 6.07) is 6.76. The Kier molecular flexibility index (Phi) is 2.85. The molecule has 0 aromatic heterocycles. The van der Waals surface area contributed by atoms with Crippen molar-refractivity contribution in [3.05, 3.63) is 29.8 Å². The molecule has 0 bridgehead atoms. The Morgan fingerprint density at radius 2 is 1.91 bits per heavy atom. The van der Waals surface area contributed by atoms with Gasteiger partial charge >= 0.3 is 0 Å². The summed E-state index contributed by atoms with van der Waals surface area (Å²) >= 11 is -2.01. The van der Waals surface area contributed by atoms with Gasteiger partial charge in [-0.15, -0.1) is 0 Å². The van der Waals surface area contributed by atoms with Crippen molar-refractivity contribution in [3.63, 3.8) is 0 Å². The summed E-state index contributed by atoms with van der Waals surface area (Å²) in [6.07, 6.45) is 0. The van der Waals surface area contributed by atoms with E-state index in [1.165, 1.54) is 0 Å². The Hall–Kier alpha value is -0.605. The van der Waals surface area contributed by atoms with Gasteiger partial charge in [-0.1, -0.05) is 40.8 Å². The van der Waals surface area contributed by atoms with E-state index < -0.39 is 11.1 Å². The van der Waals surface area contributed by atoms with Crippen molar-refractivity contribution in [2.45, 2.75) is 5.75 Å². The van der Waals surface area contributed by atoms with Gasteiger partial charge in [-0.2, -0.15) is 0 Å². The molecule has 1 aromatic carbocycles. The van der Waals surface area contributed by atoms with Gasteiger partial charge in [-0.25, -0.2) is 0 Å². The minimum atomic E-state index is -2.01. The van der Waals surface area contributed by atoms with Gasteiger partial charge in [0.05, 0.1) is 0 Å². The second-order valence-electron chi connectivity index (χ2n) is 2.19. The number of rotatable bonds is 2. The van der Waals surface area contributed by atoms with Crippen LogP contribution in [0.3, 0.4) is 0 Å². The molecule has 4 heteroatoms. The van der Waals surface area contributed by atoms with Crippen molar-refractivity contribution < 1.29 is 8.76 Å². The van der Waals surface area contributed by atoms with Crippen LogP contribution in [0.2, 0.25) is 0 Å². The molecular weight excluding hydrogens is 159 g/mol. The van der Waals surface area contributed by atoms with Gasteiger partial charge in [0.15, 0.2) is 0 Å². The molecule has 0 spiro atoms.